The van der Waals surface area contributed by atoms with Crippen LogP contribution in [0.15, 0.2) is 41.1 Å². The van der Waals surface area contributed by atoms with Crippen molar-refractivity contribution in [2.75, 3.05) is 6.54 Å². The molecule has 1 aromatic heterocycles. The molecule has 2 aromatic rings. The summed E-state index contributed by atoms with van der Waals surface area (Å²) in [5.74, 6) is 1.12. The van der Waals surface area contributed by atoms with Crippen LogP contribution in [0.4, 0.5) is 0 Å². The molecule has 0 atom stereocenters. The van der Waals surface area contributed by atoms with E-state index < -0.39 is 0 Å². The first-order valence-electron chi connectivity index (χ1n) is 5.67. The lowest BCUT2D eigenvalue weighted by molar-refractivity contribution is 0.655. The maximum Gasteiger partial charge on any atom is 0.109 e. The molecule has 0 unspecified atom stereocenters. The van der Waals surface area contributed by atoms with Crippen molar-refractivity contribution in [2.24, 2.45) is 7.05 Å². The normalized spacial score (nSPS) is 10.7. The van der Waals surface area contributed by atoms with Crippen molar-refractivity contribution in [3.8, 4) is 0 Å². The first kappa shape index (κ1) is 12.3. The highest BCUT2D eigenvalue weighted by atomic mass is 79.9. The smallest absolute Gasteiger partial charge is 0.109 e. The van der Waals surface area contributed by atoms with Crippen LogP contribution in [0.5, 0.6) is 0 Å². The minimum absolute atomic E-state index is 0.900. The Labute approximate surface area is 110 Å². The average molecular weight is 294 g/mol. The third-order valence-electron chi connectivity index (χ3n) is 2.69. The van der Waals surface area contributed by atoms with Gasteiger partial charge in [0, 0.05) is 43.4 Å². The van der Waals surface area contributed by atoms with Gasteiger partial charge in [-0.2, -0.15) is 0 Å². The van der Waals surface area contributed by atoms with Crippen LogP contribution in [0.25, 0.3) is 0 Å². The molecule has 17 heavy (non-hydrogen) atoms. The second-order valence-electron chi connectivity index (χ2n) is 4.01. The molecule has 0 aliphatic carbocycles. The van der Waals surface area contributed by atoms with Crippen LogP contribution in [-0.4, -0.2) is 16.1 Å². The van der Waals surface area contributed by atoms with Gasteiger partial charge in [0.15, 0.2) is 0 Å². The van der Waals surface area contributed by atoms with Gasteiger partial charge < -0.3 is 9.88 Å². The Hall–Kier alpha value is -1.13. The lowest BCUT2D eigenvalue weighted by atomic mass is 10.2. The van der Waals surface area contributed by atoms with Crippen LogP contribution in [-0.2, 0) is 20.0 Å². The number of aromatic nitrogens is 2. The van der Waals surface area contributed by atoms with E-state index in [1.807, 2.05) is 19.4 Å². The van der Waals surface area contributed by atoms with E-state index in [-0.39, 0.29) is 0 Å². The molecule has 90 valence electrons. The van der Waals surface area contributed by atoms with Crippen LogP contribution in [0.1, 0.15) is 11.4 Å². The number of nitrogens with one attached hydrogen (secondary N) is 1. The SMILES string of the molecule is Cn1ccnc1CCNCc1ccc(Br)cc1. The highest BCUT2D eigenvalue weighted by Crippen LogP contribution is 2.10. The third-order valence-corrected chi connectivity index (χ3v) is 3.22. The van der Waals surface area contributed by atoms with Gasteiger partial charge in [-0.3, -0.25) is 0 Å². The molecule has 0 aliphatic heterocycles. The number of aryl methyl sites for hydroxylation is 1. The third kappa shape index (κ3) is 3.68. The Morgan fingerprint density at radius 3 is 2.71 bits per heavy atom. The summed E-state index contributed by atoms with van der Waals surface area (Å²) >= 11 is 3.43. The van der Waals surface area contributed by atoms with E-state index in [1.54, 1.807) is 0 Å². The zero-order chi connectivity index (χ0) is 12.1. The second kappa shape index (κ2) is 5.98. The van der Waals surface area contributed by atoms with Gasteiger partial charge in [-0.25, -0.2) is 4.98 Å². The molecule has 0 bridgehead atoms. The molecule has 1 N–H and O–H groups in total. The van der Waals surface area contributed by atoms with Gasteiger partial charge in [0.05, 0.1) is 0 Å². The lowest BCUT2D eigenvalue weighted by Gasteiger charge is -2.05. The van der Waals surface area contributed by atoms with Crippen LogP contribution < -0.4 is 5.32 Å². The van der Waals surface area contributed by atoms with Crippen LogP contribution in [0.3, 0.4) is 0 Å². The summed E-state index contributed by atoms with van der Waals surface area (Å²) in [5.41, 5.74) is 1.30. The Morgan fingerprint density at radius 2 is 2.06 bits per heavy atom. The van der Waals surface area contributed by atoms with Gasteiger partial charge >= 0.3 is 0 Å². The summed E-state index contributed by atoms with van der Waals surface area (Å²) < 4.78 is 3.18. The molecule has 0 spiro atoms. The second-order valence-corrected chi connectivity index (χ2v) is 4.92. The van der Waals surface area contributed by atoms with E-state index >= 15 is 0 Å². The van der Waals surface area contributed by atoms with Crippen LogP contribution >= 0.6 is 15.9 Å². The Balaban J connectivity index is 1.73. The van der Waals surface area contributed by atoms with E-state index in [0.717, 1.165) is 29.8 Å². The van der Waals surface area contributed by atoms with Crippen molar-refractivity contribution < 1.29 is 0 Å². The number of benzene rings is 1. The van der Waals surface area contributed by atoms with Gasteiger partial charge in [0.1, 0.15) is 5.82 Å². The maximum absolute atomic E-state index is 4.29. The van der Waals surface area contributed by atoms with Crippen LogP contribution in [0.2, 0.25) is 0 Å². The molecule has 0 saturated heterocycles. The molecule has 3 nitrogen and oxygen atoms in total. The summed E-state index contributed by atoms with van der Waals surface area (Å²) in [5, 5.41) is 3.42. The predicted molar refractivity (Wildman–Crippen MR) is 72.8 cm³/mol. The highest BCUT2D eigenvalue weighted by molar-refractivity contribution is 9.10. The molecule has 1 aromatic carbocycles. The Bertz CT molecular complexity index is 462. The summed E-state index contributed by atoms with van der Waals surface area (Å²) in [6.45, 7) is 1.85. The summed E-state index contributed by atoms with van der Waals surface area (Å²) in [7, 11) is 2.02. The molecule has 1 heterocycles. The van der Waals surface area contributed by atoms with E-state index in [0.29, 0.717) is 0 Å². The highest BCUT2D eigenvalue weighted by Gasteiger charge is 1.98. The van der Waals surface area contributed by atoms with Crippen molar-refractivity contribution >= 4 is 15.9 Å². The lowest BCUT2D eigenvalue weighted by Crippen LogP contribution is -2.18. The quantitative estimate of drug-likeness (QED) is 0.859. The van der Waals surface area contributed by atoms with E-state index in [2.05, 4.69) is 55.1 Å². The minimum atomic E-state index is 0.900. The first-order valence-corrected chi connectivity index (χ1v) is 6.46. The van der Waals surface area contributed by atoms with Crippen molar-refractivity contribution in [2.45, 2.75) is 13.0 Å². The van der Waals surface area contributed by atoms with E-state index in [9.17, 15) is 0 Å². The number of hydrogen-bond donors (Lipinski definition) is 1. The molecule has 0 fully saturated rings. The number of halogens is 1. The standard InChI is InChI=1S/C13H16BrN3/c1-17-9-8-16-13(17)6-7-15-10-11-2-4-12(14)5-3-11/h2-5,8-9,15H,6-7,10H2,1H3. The van der Waals surface area contributed by atoms with Crippen molar-refractivity contribution in [1.82, 2.24) is 14.9 Å². The largest absolute Gasteiger partial charge is 0.338 e. The number of hydrogen-bond acceptors (Lipinski definition) is 2. The minimum Gasteiger partial charge on any atom is -0.338 e. The zero-order valence-corrected chi connectivity index (χ0v) is 11.4. The van der Waals surface area contributed by atoms with Gasteiger partial charge in [-0.15, -0.1) is 0 Å². The van der Waals surface area contributed by atoms with Gasteiger partial charge in [0.25, 0.3) is 0 Å². The zero-order valence-electron chi connectivity index (χ0n) is 9.86. The van der Waals surface area contributed by atoms with Gasteiger partial charge in [0.2, 0.25) is 0 Å². The maximum atomic E-state index is 4.29. The summed E-state index contributed by atoms with van der Waals surface area (Å²) in [6.07, 6.45) is 4.77. The topological polar surface area (TPSA) is 29.9 Å². The molecule has 4 heteroatoms. The van der Waals surface area contributed by atoms with E-state index in [1.165, 1.54) is 5.56 Å². The molecular weight excluding hydrogens is 278 g/mol. The van der Waals surface area contributed by atoms with Crippen LogP contribution in [0, 0.1) is 0 Å². The molecular formula is C13H16BrN3. The molecule has 0 radical (unpaired) electrons. The molecule has 0 saturated carbocycles. The van der Waals surface area contributed by atoms with Gasteiger partial charge in [-0.05, 0) is 17.7 Å². The fourth-order valence-corrected chi connectivity index (χ4v) is 1.94. The fourth-order valence-electron chi connectivity index (χ4n) is 1.67. The molecule has 0 amide bonds. The predicted octanol–water partition coefficient (Wildman–Crippen LogP) is 2.51. The fraction of sp³-hybridized carbons (Fsp3) is 0.308. The van der Waals surface area contributed by atoms with Crippen molar-refractivity contribution in [1.29, 1.82) is 0 Å². The van der Waals surface area contributed by atoms with E-state index in [4.69, 9.17) is 0 Å². The average Bonchev–Trinajstić information content (AvgIpc) is 2.73. The van der Waals surface area contributed by atoms with Crippen molar-refractivity contribution in [3.05, 3.63) is 52.5 Å². The van der Waals surface area contributed by atoms with Crippen molar-refractivity contribution in [3.63, 3.8) is 0 Å². The number of nitrogens with zero attached hydrogens (tertiary/aromatic N) is 2. The molecule has 2 rings (SSSR count). The summed E-state index contributed by atoms with van der Waals surface area (Å²) in [6, 6.07) is 8.38. The Kier molecular flexibility index (Phi) is 4.34. The monoisotopic (exact) mass is 293 g/mol. The number of imidazole rings is 1. The van der Waals surface area contributed by atoms with Gasteiger partial charge in [-0.1, -0.05) is 28.1 Å². The summed E-state index contributed by atoms with van der Waals surface area (Å²) in [4.78, 5) is 4.29. The molecule has 0 aliphatic rings. The number of rotatable bonds is 5. The Morgan fingerprint density at radius 1 is 1.29 bits per heavy atom. The first-order chi connectivity index (χ1) is 8.25.